The Morgan fingerprint density at radius 3 is 2.93 bits per heavy atom. The van der Waals surface area contributed by atoms with Crippen LogP contribution in [0.1, 0.15) is 5.56 Å². The topological polar surface area (TPSA) is 53.7 Å². The molecule has 0 radical (unpaired) electrons. The van der Waals surface area contributed by atoms with Crippen molar-refractivity contribution < 1.29 is 9.53 Å². The fourth-order valence-corrected chi connectivity index (χ4v) is 1.27. The molecule has 0 aliphatic carbocycles. The Morgan fingerprint density at radius 2 is 2.27 bits per heavy atom. The highest BCUT2D eigenvalue weighted by Gasteiger charge is 2.22. The number of carbonyl (C=O) groups is 1. The van der Waals surface area contributed by atoms with Crippen LogP contribution in [0.5, 0.6) is 0 Å². The summed E-state index contributed by atoms with van der Waals surface area (Å²) in [6.45, 7) is 3.29. The van der Waals surface area contributed by atoms with Crippen molar-refractivity contribution in [2.45, 2.75) is 13.0 Å². The van der Waals surface area contributed by atoms with E-state index in [1.165, 1.54) is 0 Å². The number of urea groups is 1. The van der Waals surface area contributed by atoms with E-state index in [1.54, 1.807) is 0 Å². The monoisotopic (exact) mass is 206 g/mol. The Kier molecular flexibility index (Phi) is 2.87. The number of ether oxygens (including phenoxy) is 1. The summed E-state index contributed by atoms with van der Waals surface area (Å²) in [4.78, 5) is 11.4. The van der Waals surface area contributed by atoms with Gasteiger partial charge < -0.3 is 15.4 Å². The molecule has 1 heterocycles. The molecule has 0 spiro atoms. The largest absolute Gasteiger partial charge is 0.371 e. The van der Waals surface area contributed by atoms with Crippen molar-refractivity contribution in [1.29, 1.82) is 0 Å². The Labute approximate surface area is 88.6 Å². The third kappa shape index (κ3) is 2.95. The van der Waals surface area contributed by atoms with Gasteiger partial charge >= 0.3 is 6.03 Å². The number of rotatable bonds is 3. The zero-order valence-electron chi connectivity index (χ0n) is 8.62. The van der Waals surface area contributed by atoms with Crippen LogP contribution in [0, 0.1) is 6.92 Å². The fraction of sp³-hybridized carbons (Fsp3) is 0.364. The Hall–Kier alpha value is -1.55. The molecule has 2 N–H and O–H groups in total. The van der Waals surface area contributed by atoms with Crippen LogP contribution in [0.15, 0.2) is 24.3 Å². The quantitative estimate of drug-likeness (QED) is 0.736. The maximum absolute atomic E-state index is 11.4. The Bertz CT molecular complexity index is 361. The average Bonchev–Trinajstić information content (AvgIpc) is 3.02. The Morgan fingerprint density at radius 1 is 1.53 bits per heavy atom. The van der Waals surface area contributed by atoms with Crippen LogP contribution >= 0.6 is 0 Å². The van der Waals surface area contributed by atoms with Crippen LogP contribution in [0.3, 0.4) is 0 Å². The van der Waals surface area contributed by atoms with Crippen LogP contribution in [-0.2, 0) is 4.74 Å². The second kappa shape index (κ2) is 4.31. The molecule has 4 nitrogen and oxygen atoms in total. The molecule has 1 aliphatic heterocycles. The van der Waals surface area contributed by atoms with Gasteiger partial charge in [-0.15, -0.1) is 0 Å². The summed E-state index contributed by atoms with van der Waals surface area (Å²) >= 11 is 0. The summed E-state index contributed by atoms with van der Waals surface area (Å²) in [6.07, 6.45) is 0.215. The minimum absolute atomic E-state index is 0.181. The summed E-state index contributed by atoms with van der Waals surface area (Å²) < 4.78 is 4.99. The molecular weight excluding hydrogens is 192 g/mol. The Balaban J connectivity index is 1.84. The fourth-order valence-electron chi connectivity index (χ4n) is 1.27. The van der Waals surface area contributed by atoms with Gasteiger partial charge in [0.25, 0.3) is 0 Å². The number of aryl methyl sites for hydroxylation is 1. The number of amides is 2. The molecule has 1 saturated heterocycles. The molecule has 1 aromatic carbocycles. The predicted octanol–water partition coefficient (Wildman–Crippen LogP) is 1.52. The minimum Gasteiger partial charge on any atom is -0.371 e. The number of carbonyl (C=O) groups excluding carboxylic acids is 1. The first-order chi connectivity index (χ1) is 7.25. The van der Waals surface area contributed by atoms with Gasteiger partial charge in [0.05, 0.1) is 12.7 Å². The third-order valence-corrected chi connectivity index (χ3v) is 2.29. The van der Waals surface area contributed by atoms with Crippen LogP contribution in [0.25, 0.3) is 0 Å². The number of hydrogen-bond donors (Lipinski definition) is 2. The summed E-state index contributed by atoms with van der Waals surface area (Å²) in [5.74, 6) is 0. The van der Waals surface area contributed by atoms with Crippen molar-refractivity contribution in [3.8, 4) is 0 Å². The molecule has 2 rings (SSSR count). The van der Waals surface area contributed by atoms with Gasteiger partial charge in [0.2, 0.25) is 0 Å². The number of epoxide rings is 1. The lowest BCUT2D eigenvalue weighted by Gasteiger charge is -2.08. The van der Waals surface area contributed by atoms with Crippen LogP contribution in [-0.4, -0.2) is 25.3 Å². The van der Waals surface area contributed by atoms with E-state index in [1.807, 2.05) is 31.2 Å². The SMILES string of the molecule is Cc1ccccc1NC(=O)NC[C@H]1CO1. The highest BCUT2D eigenvalue weighted by atomic mass is 16.6. The number of nitrogens with one attached hydrogen (secondary N) is 2. The molecular formula is C11H14N2O2. The molecule has 1 fully saturated rings. The van der Waals surface area contributed by atoms with E-state index < -0.39 is 0 Å². The van der Waals surface area contributed by atoms with E-state index in [9.17, 15) is 4.79 Å². The highest BCUT2D eigenvalue weighted by Crippen LogP contribution is 2.12. The summed E-state index contributed by atoms with van der Waals surface area (Å²) in [5, 5.41) is 5.53. The number of para-hydroxylation sites is 1. The summed E-state index contributed by atoms with van der Waals surface area (Å²) in [5.41, 5.74) is 1.89. The first-order valence-corrected chi connectivity index (χ1v) is 4.98. The first kappa shape index (κ1) is 9.98. The van der Waals surface area contributed by atoms with Gasteiger partial charge in [-0.3, -0.25) is 0 Å². The van der Waals surface area contributed by atoms with E-state index in [0.717, 1.165) is 17.9 Å². The van der Waals surface area contributed by atoms with Gasteiger partial charge in [-0.25, -0.2) is 4.79 Å². The van der Waals surface area contributed by atoms with Gasteiger partial charge in [-0.2, -0.15) is 0 Å². The maximum atomic E-state index is 11.4. The van der Waals surface area contributed by atoms with E-state index in [-0.39, 0.29) is 12.1 Å². The molecule has 2 amide bonds. The lowest BCUT2D eigenvalue weighted by molar-refractivity contribution is 0.250. The lowest BCUT2D eigenvalue weighted by atomic mass is 10.2. The highest BCUT2D eigenvalue weighted by molar-refractivity contribution is 5.90. The second-order valence-corrected chi connectivity index (χ2v) is 3.61. The molecule has 0 aromatic heterocycles. The zero-order valence-corrected chi connectivity index (χ0v) is 8.62. The van der Waals surface area contributed by atoms with Crippen molar-refractivity contribution in [1.82, 2.24) is 5.32 Å². The molecule has 0 saturated carbocycles. The van der Waals surface area contributed by atoms with E-state index in [4.69, 9.17) is 4.74 Å². The molecule has 4 heteroatoms. The van der Waals surface area contributed by atoms with E-state index in [2.05, 4.69) is 10.6 Å². The van der Waals surface area contributed by atoms with Gasteiger partial charge in [-0.1, -0.05) is 18.2 Å². The van der Waals surface area contributed by atoms with Crippen LogP contribution in [0.2, 0.25) is 0 Å². The molecule has 15 heavy (non-hydrogen) atoms. The normalized spacial score (nSPS) is 18.3. The zero-order chi connectivity index (χ0) is 10.7. The first-order valence-electron chi connectivity index (χ1n) is 4.98. The summed E-state index contributed by atoms with van der Waals surface area (Å²) in [7, 11) is 0. The number of anilines is 1. The van der Waals surface area contributed by atoms with E-state index >= 15 is 0 Å². The van der Waals surface area contributed by atoms with Crippen molar-refractivity contribution in [3.63, 3.8) is 0 Å². The number of benzene rings is 1. The van der Waals surface area contributed by atoms with Crippen LogP contribution in [0.4, 0.5) is 10.5 Å². The lowest BCUT2D eigenvalue weighted by Crippen LogP contribution is -2.31. The van der Waals surface area contributed by atoms with Crippen molar-refractivity contribution >= 4 is 11.7 Å². The van der Waals surface area contributed by atoms with Crippen molar-refractivity contribution in [2.24, 2.45) is 0 Å². The maximum Gasteiger partial charge on any atom is 0.319 e. The number of hydrogen-bond acceptors (Lipinski definition) is 2. The third-order valence-electron chi connectivity index (χ3n) is 2.29. The average molecular weight is 206 g/mol. The van der Waals surface area contributed by atoms with Crippen molar-refractivity contribution in [3.05, 3.63) is 29.8 Å². The van der Waals surface area contributed by atoms with Gasteiger partial charge in [0, 0.05) is 12.2 Å². The second-order valence-electron chi connectivity index (χ2n) is 3.61. The molecule has 0 bridgehead atoms. The molecule has 1 atom stereocenters. The molecule has 1 aliphatic rings. The van der Waals surface area contributed by atoms with Gasteiger partial charge in [0.1, 0.15) is 0 Å². The standard InChI is InChI=1S/C11H14N2O2/c1-8-4-2-3-5-10(8)13-11(14)12-6-9-7-15-9/h2-5,9H,6-7H2,1H3,(H2,12,13,14)/t9-/m0/s1. The van der Waals surface area contributed by atoms with Crippen molar-refractivity contribution in [2.75, 3.05) is 18.5 Å². The smallest absolute Gasteiger partial charge is 0.319 e. The van der Waals surface area contributed by atoms with Gasteiger partial charge in [0.15, 0.2) is 0 Å². The van der Waals surface area contributed by atoms with Crippen LogP contribution < -0.4 is 10.6 Å². The predicted molar refractivity (Wildman–Crippen MR) is 57.9 cm³/mol. The van der Waals surface area contributed by atoms with Gasteiger partial charge in [-0.05, 0) is 18.6 Å². The van der Waals surface area contributed by atoms with E-state index in [0.29, 0.717) is 6.54 Å². The molecule has 0 unspecified atom stereocenters. The molecule has 80 valence electrons. The molecule has 1 aromatic rings. The summed E-state index contributed by atoms with van der Waals surface area (Å²) in [6, 6.07) is 7.49. The minimum atomic E-state index is -0.181.